The number of ether oxygens (including phenoxy) is 4. The molecule has 0 N–H and O–H groups in total. The number of benzene rings is 1. The summed E-state index contributed by atoms with van der Waals surface area (Å²) in [6.07, 6.45) is 3.61. The second-order valence-corrected chi connectivity index (χ2v) is 8.36. The first-order valence-electron chi connectivity index (χ1n) is 11.2. The Hall–Kier alpha value is -1.68. The molecule has 5 rings (SSSR count). The molecule has 0 unspecified atom stereocenters. The number of hydrogen-bond acceptors (Lipinski definition) is 4. The molecule has 4 heterocycles. The van der Waals surface area contributed by atoms with Gasteiger partial charge in [0.2, 0.25) is 24.0 Å². The molecule has 0 amide bonds. The molecule has 8 heteroatoms. The van der Waals surface area contributed by atoms with Crippen LogP contribution in [0.5, 0.6) is 0 Å². The van der Waals surface area contributed by atoms with Crippen LogP contribution in [0.25, 0.3) is 0 Å². The Morgan fingerprint density at radius 1 is 0.647 bits per heavy atom. The number of pyridine rings is 2. The van der Waals surface area contributed by atoms with Crippen LogP contribution in [0.3, 0.4) is 0 Å². The number of aromatic nitrogens is 2. The molecule has 2 aromatic heterocycles. The summed E-state index contributed by atoms with van der Waals surface area (Å²) < 4.78 is 27.4. The third-order valence-corrected chi connectivity index (χ3v) is 6.15. The molecule has 0 bridgehead atoms. The first-order valence-corrected chi connectivity index (χ1v) is 11.2. The standard InChI is InChI=1S/C26H30N2O4.2BrH/c1-19-15-22(18-28-10-6-4-8-24(28)26-31-13-14-32-26)20(2)16-21(19)17-27-9-5-3-7-23(27)25-29-11-12-30-25;;/h3-10,15-16,25-26H,11-14,17-18H2,1-2H3;2*1H/q+2;;/p-2. The molecule has 1 aromatic carbocycles. The lowest BCUT2D eigenvalue weighted by atomic mass is 9.99. The van der Waals surface area contributed by atoms with E-state index in [-0.39, 0.29) is 46.5 Å². The van der Waals surface area contributed by atoms with Crippen molar-refractivity contribution in [3.63, 3.8) is 0 Å². The minimum Gasteiger partial charge on any atom is -1.00 e. The number of rotatable bonds is 6. The fourth-order valence-electron chi connectivity index (χ4n) is 4.40. The van der Waals surface area contributed by atoms with Crippen molar-refractivity contribution in [2.75, 3.05) is 26.4 Å². The van der Waals surface area contributed by atoms with Gasteiger partial charge in [-0.1, -0.05) is 0 Å². The monoisotopic (exact) mass is 592 g/mol. The zero-order valence-electron chi connectivity index (χ0n) is 19.5. The van der Waals surface area contributed by atoms with Crippen molar-refractivity contribution in [2.45, 2.75) is 39.5 Å². The van der Waals surface area contributed by atoms with E-state index in [0.717, 1.165) is 24.5 Å². The molecular weight excluding hydrogens is 564 g/mol. The molecule has 2 saturated heterocycles. The van der Waals surface area contributed by atoms with E-state index in [0.29, 0.717) is 26.4 Å². The van der Waals surface area contributed by atoms with Crippen molar-refractivity contribution in [2.24, 2.45) is 0 Å². The van der Waals surface area contributed by atoms with Crippen molar-refractivity contribution in [3.8, 4) is 0 Å². The van der Waals surface area contributed by atoms with Crippen LogP contribution >= 0.6 is 0 Å². The van der Waals surface area contributed by atoms with Gasteiger partial charge in [-0.3, -0.25) is 0 Å². The lowest BCUT2D eigenvalue weighted by Gasteiger charge is -2.13. The molecule has 34 heavy (non-hydrogen) atoms. The maximum atomic E-state index is 5.74. The van der Waals surface area contributed by atoms with Gasteiger partial charge in [0.05, 0.1) is 26.4 Å². The number of nitrogens with zero attached hydrogens (tertiary/aromatic N) is 2. The maximum absolute atomic E-state index is 5.74. The average Bonchev–Trinajstić information content (AvgIpc) is 3.52. The number of hydrogen-bond donors (Lipinski definition) is 0. The molecule has 2 fully saturated rings. The van der Waals surface area contributed by atoms with E-state index in [9.17, 15) is 0 Å². The van der Waals surface area contributed by atoms with E-state index < -0.39 is 0 Å². The van der Waals surface area contributed by atoms with Crippen LogP contribution < -0.4 is 43.1 Å². The van der Waals surface area contributed by atoms with Gasteiger partial charge in [-0.15, -0.1) is 0 Å². The van der Waals surface area contributed by atoms with E-state index in [2.05, 4.69) is 71.8 Å². The summed E-state index contributed by atoms with van der Waals surface area (Å²) in [4.78, 5) is 0. The average molecular weight is 594 g/mol. The quantitative estimate of drug-likeness (QED) is 0.287. The lowest BCUT2D eigenvalue weighted by Crippen LogP contribution is -3.00. The molecule has 0 atom stereocenters. The first-order chi connectivity index (χ1) is 15.7. The minimum atomic E-state index is -0.287. The van der Waals surface area contributed by atoms with Gasteiger partial charge in [0.15, 0.2) is 25.5 Å². The summed E-state index contributed by atoms with van der Waals surface area (Å²) in [5.41, 5.74) is 7.23. The van der Waals surface area contributed by atoms with Crippen LogP contribution in [0, 0.1) is 13.8 Å². The van der Waals surface area contributed by atoms with Crippen LogP contribution in [0.15, 0.2) is 60.9 Å². The summed E-state index contributed by atoms with van der Waals surface area (Å²) >= 11 is 0. The number of halogens is 2. The van der Waals surface area contributed by atoms with Crippen molar-refractivity contribution >= 4 is 0 Å². The molecule has 0 radical (unpaired) electrons. The Kier molecular flexibility index (Phi) is 9.76. The third kappa shape index (κ3) is 5.93. The molecule has 0 saturated carbocycles. The molecule has 3 aromatic rings. The SMILES string of the molecule is Cc1cc(C[n+]2ccccc2C2OCCO2)c(C)cc1C[n+]1ccccc1C1OCCO1.[Br-].[Br-]. The summed E-state index contributed by atoms with van der Waals surface area (Å²) in [6, 6.07) is 16.9. The third-order valence-electron chi connectivity index (χ3n) is 6.15. The van der Waals surface area contributed by atoms with Gasteiger partial charge in [-0.2, -0.15) is 9.13 Å². The molecular formula is C26H30Br2N2O4. The highest BCUT2D eigenvalue weighted by Crippen LogP contribution is 2.23. The summed E-state index contributed by atoms with van der Waals surface area (Å²) in [7, 11) is 0. The predicted molar refractivity (Wildman–Crippen MR) is 117 cm³/mol. The molecule has 0 aliphatic carbocycles. The first kappa shape index (κ1) is 26.9. The van der Waals surface area contributed by atoms with Crippen LogP contribution in [0.2, 0.25) is 0 Å². The second kappa shape index (κ2) is 12.3. The summed E-state index contributed by atoms with van der Waals surface area (Å²) in [5.74, 6) is 0. The molecule has 2 aliphatic heterocycles. The zero-order chi connectivity index (χ0) is 21.9. The normalized spacial score (nSPS) is 16.3. The van der Waals surface area contributed by atoms with Gasteiger partial charge in [-0.05, 0) is 49.2 Å². The highest BCUT2D eigenvalue weighted by Gasteiger charge is 2.29. The minimum absolute atomic E-state index is 0. The molecule has 6 nitrogen and oxygen atoms in total. The maximum Gasteiger partial charge on any atom is 0.245 e. The molecule has 0 spiro atoms. The largest absolute Gasteiger partial charge is 1.00 e. The predicted octanol–water partition coefficient (Wildman–Crippen LogP) is -2.93. The smallest absolute Gasteiger partial charge is 0.245 e. The fraction of sp³-hybridized carbons (Fsp3) is 0.385. The van der Waals surface area contributed by atoms with Crippen LogP contribution in [-0.4, -0.2) is 26.4 Å². The van der Waals surface area contributed by atoms with E-state index in [4.69, 9.17) is 18.9 Å². The van der Waals surface area contributed by atoms with E-state index in [1.807, 2.05) is 12.1 Å². The molecule has 2 aliphatic rings. The summed E-state index contributed by atoms with van der Waals surface area (Å²) in [5, 5.41) is 0. The van der Waals surface area contributed by atoms with Gasteiger partial charge in [0.25, 0.3) is 0 Å². The van der Waals surface area contributed by atoms with Crippen LogP contribution in [0.4, 0.5) is 0 Å². The van der Waals surface area contributed by atoms with E-state index in [1.54, 1.807) is 0 Å². The van der Waals surface area contributed by atoms with Gasteiger partial charge >= 0.3 is 0 Å². The van der Waals surface area contributed by atoms with E-state index in [1.165, 1.54) is 22.3 Å². The Balaban J connectivity index is 0.00000162. The van der Waals surface area contributed by atoms with Crippen LogP contribution in [0.1, 0.15) is 46.2 Å². The molecule has 182 valence electrons. The zero-order valence-corrected chi connectivity index (χ0v) is 22.6. The fourth-order valence-corrected chi connectivity index (χ4v) is 4.40. The summed E-state index contributed by atoms with van der Waals surface area (Å²) in [6.45, 7) is 8.49. The Labute approximate surface area is 222 Å². The topological polar surface area (TPSA) is 44.7 Å². The highest BCUT2D eigenvalue weighted by atomic mass is 79.9. The van der Waals surface area contributed by atoms with Gasteiger partial charge < -0.3 is 52.9 Å². The second-order valence-electron chi connectivity index (χ2n) is 8.36. The van der Waals surface area contributed by atoms with Crippen LogP contribution in [-0.2, 0) is 32.0 Å². The van der Waals surface area contributed by atoms with Crippen molar-refractivity contribution < 1.29 is 62.0 Å². The Bertz CT molecular complexity index is 1010. The lowest BCUT2D eigenvalue weighted by molar-refractivity contribution is -0.702. The Morgan fingerprint density at radius 3 is 1.41 bits per heavy atom. The number of aryl methyl sites for hydroxylation is 2. The van der Waals surface area contributed by atoms with Gasteiger partial charge in [0.1, 0.15) is 0 Å². The van der Waals surface area contributed by atoms with E-state index >= 15 is 0 Å². The van der Waals surface area contributed by atoms with Crippen molar-refractivity contribution in [1.29, 1.82) is 0 Å². The van der Waals surface area contributed by atoms with Crippen molar-refractivity contribution in [3.05, 3.63) is 94.6 Å². The van der Waals surface area contributed by atoms with Crippen molar-refractivity contribution in [1.82, 2.24) is 0 Å². The van der Waals surface area contributed by atoms with Gasteiger partial charge in [0, 0.05) is 35.4 Å². The Morgan fingerprint density at radius 2 is 1.03 bits per heavy atom. The van der Waals surface area contributed by atoms with Gasteiger partial charge in [-0.25, -0.2) is 0 Å². The highest BCUT2D eigenvalue weighted by molar-refractivity contribution is 5.36.